The van der Waals surface area contributed by atoms with Gasteiger partial charge in [0.15, 0.2) is 11.5 Å². The second-order valence-corrected chi connectivity index (χ2v) is 7.94. The van der Waals surface area contributed by atoms with Gasteiger partial charge >= 0.3 is 0 Å². The second-order valence-electron chi connectivity index (χ2n) is 7.94. The molecule has 0 spiro atoms. The van der Waals surface area contributed by atoms with Crippen LogP contribution in [0.4, 0.5) is 11.5 Å². The van der Waals surface area contributed by atoms with Gasteiger partial charge in [-0.1, -0.05) is 6.92 Å². The third kappa shape index (κ3) is 3.50. The predicted molar refractivity (Wildman–Crippen MR) is 120 cm³/mol. The Morgan fingerprint density at radius 1 is 1.16 bits per heavy atom. The highest BCUT2D eigenvalue weighted by Crippen LogP contribution is 2.25. The Morgan fingerprint density at radius 3 is 2.74 bits per heavy atom. The minimum absolute atomic E-state index is 0.245. The molecule has 0 radical (unpaired) electrons. The first kappa shape index (κ1) is 19.5. The monoisotopic (exact) mass is 418 g/mol. The lowest BCUT2D eigenvalue weighted by molar-refractivity contribution is 0.101. The summed E-state index contributed by atoms with van der Waals surface area (Å²) in [5.74, 6) is 0.236. The van der Waals surface area contributed by atoms with Crippen LogP contribution in [0.25, 0.3) is 11.2 Å². The molecule has 1 fully saturated rings. The average Bonchev–Trinajstić information content (AvgIpc) is 3.37. The van der Waals surface area contributed by atoms with Crippen LogP contribution >= 0.6 is 0 Å². The number of aryl methyl sites for hydroxylation is 3. The van der Waals surface area contributed by atoms with E-state index in [2.05, 4.69) is 38.6 Å². The molecular formula is C22H26N8O. The van der Waals surface area contributed by atoms with E-state index in [1.54, 1.807) is 9.03 Å². The van der Waals surface area contributed by atoms with Crippen molar-refractivity contribution in [2.75, 3.05) is 36.4 Å². The lowest BCUT2D eigenvalue weighted by atomic mass is 10.2. The Hall–Kier alpha value is -3.46. The van der Waals surface area contributed by atoms with E-state index in [9.17, 15) is 4.79 Å². The van der Waals surface area contributed by atoms with Crippen molar-refractivity contribution < 1.29 is 4.79 Å². The normalized spacial score (nSPS) is 14.5. The Balaban J connectivity index is 1.52. The highest BCUT2D eigenvalue weighted by Gasteiger charge is 2.20. The van der Waals surface area contributed by atoms with Gasteiger partial charge in [-0.3, -0.25) is 4.79 Å². The molecule has 1 amide bonds. The van der Waals surface area contributed by atoms with E-state index in [1.165, 1.54) is 0 Å². The number of nitrogens with one attached hydrogen (secondary N) is 2. The maximum atomic E-state index is 13.2. The van der Waals surface area contributed by atoms with Crippen molar-refractivity contribution in [3.8, 4) is 0 Å². The number of carbonyl (C=O) groups is 1. The summed E-state index contributed by atoms with van der Waals surface area (Å²) < 4.78 is 3.46. The van der Waals surface area contributed by atoms with Crippen LogP contribution < -0.4 is 15.5 Å². The number of anilines is 2. The van der Waals surface area contributed by atoms with Crippen molar-refractivity contribution in [2.24, 2.45) is 0 Å². The first-order valence-corrected chi connectivity index (χ1v) is 10.7. The van der Waals surface area contributed by atoms with Crippen molar-refractivity contribution in [1.29, 1.82) is 0 Å². The van der Waals surface area contributed by atoms with Crippen LogP contribution in [-0.4, -0.2) is 56.3 Å². The summed E-state index contributed by atoms with van der Waals surface area (Å²) in [5, 5.41) is 15.5. The number of hydrogen-bond donors (Lipinski definition) is 2. The van der Waals surface area contributed by atoms with Gasteiger partial charge in [0, 0.05) is 26.2 Å². The zero-order chi connectivity index (χ0) is 21.5. The maximum absolute atomic E-state index is 13.2. The van der Waals surface area contributed by atoms with Crippen LogP contribution in [0.2, 0.25) is 0 Å². The molecule has 2 N–H and O–H groups in total. The average molecular weight is 419 g/mol. The molecule has 0 aliphatic carbocycles. The van der Waals surface area contributed by atoms with E-state index in [1.807, 2.05) is 38.2 Å². The number of carbonyl (C=O) groups excluding carboxylic acids is 1. The van der Waals surface area contributed by atoms with Gasteiger partial charge in [-0.05, 0) is 50.1 Å². The second kappa shape index (κ2) is 7.66. The van der Waals surface area contributed by atoms with E-state index >= 15 is 0 Å². The summed E-state index contributed by atoms with van der Waals surface area (Å²) in [6, 6.07) is 7.79. The fourth-order valence-corrected chi connectivity index (χ4v) is 4.11. The summed E-state index contributed by atoms with van der Waals surface area (Å²) in [6.07, 6.45) is 2.65. The van der Waals surface area contributed by atoms with Gasteiger partial charge in [-0.2, -0.15) is 5.10 Å². The Labute approximate surface area is 180 Å². The van der Waals surface area contributed by atoms with Crippen molar-refractivity contribution in [2.45, 2.75) is 27.2 Å². The molecule has 9 nitrogen and oxygen atoms in total. The summed E-state index contributed by atoms with van der Waals surface area (Å²) in [5.41, 5.74) is 6.12. The van der Waals surface area contributed by atoms with Gasteiger partial charge in [0.2, 0.25) is 0 Å². The molecule has 0 unspecified atom stereocenters. The van der Waals surface area contributed by atoms with Crippen LogP contribution in [-0.2, 0) is 6.42 Å². The van der Waals surface area contributed by atoms with Crippen LogP contribution in [0.15, 0.2) is 30.5 Å². The molecule has 4 aromatic heterocycles. The number of hydrogen-bond acceptors (Lipinski definition) is 6. The zero-order valence-corrected chi connectivity index (χ0v) is 18.0. The highest BCUT2D eigenvalue weighted by atomic mass is 16.2. The van der Waals surface area contributed by atoms with E-state index in [0.29, 0.717) is 11.5 Å². The lowest BCUT2D eigenvalue weighted by Gasteiger charge is -2.30. The lowest BCUT2D eigenvalue weighted by Crippen LogP contribution is -2.43. The van der Waals surface area contributed by atoms with Crippen LogP contribution in [0.5, 0.6) is 0 Å². The molecule has 5 rings (SSSR count). The number of nitrogens with zero attached hydrogens (tertiary/aromatic N) is 6. The Bertz CT molecular complexity index is 1280. The summed E-state index contributed by atoms with van der Waals surface area (Å²) in [4.78, 5) is 20.0. The summed E-state index contributed by atoms with van der Waals surface area (Å²) >= 11 is 0. The van der Waals surface area contributed by atoms with Crippen LogP contribution in [0, 0.1) is 13.8 Å². The molecule has 160 valence electrons. The van der Waals surface area contributed by atoms with Crippen molar-refractivity contribution in [1.82, 2.24) is 29.5 Å². The molecule has 31 heavy (non-hydrogen) atoms. The van der Waals surface area contributed by atoms with E-state index in [0.717, 1.165) is 66.4 Å². The standard InChI is InChI=1S/C22H26N8O/c1-4-16-12-19-17(28-9-7-23-8-10-28)5-6-18(30(19)26-16)22(31)25-20-11-14(2)21-24-15(3)13-29(21)27-20/h5-6,11-13,23H,4,7-10H2,1-3H3,(H,25,27,31). The topological polar surface area (TPSA) is 91.9 Å². The first-order valence-electron chi connectivity index (χ1n) is 10.7. The number of aromatic nitrogens is 5. The van der Waals surface area contributed by atoms with Gasteiger partial charge in [0.05, 0.1) is 28.8 Å². The molecule has 5 heterocycles. The smallest absolute Gasteiger partial charge is 0.275 e. The fourth-order valence-electron chi connectivity index (χ4n) is 4.11. The van der Waals surface area contributed by atoms with Crippen molar-refractivity contribution >= 4 is 28.6 Å². The highest BCUT2D eigenvalue weighted by molar-refractivity contribution is 6.03. The molecular weight excluding hydrogens is 392 g/mol. The van der Waals surface area contributed by atoms with Crippen LogP contribution in [0.3, 0.4) is 0 Å². The van der Waals surface area contributed by atoms with Gasteiger partial charge in [0.25, 0.3) is 5.91 Å². The number of imidazole rings is 1. The Morgan fingerprint density at radius 2 is 1.97 bits per heavy atom. The minimum Gasteiger partial charge on any atom is -0.367 e. The van der Waals surface area contributed by atoms with Crippen molar-refractivity contribution in [3.05, 3.63) is 53.1 Å². The van der Waals surface area contributed by atoms with E-state index < -0.39 is 0 Å². The number of fused-ring (bicyclic) bond motifs is 2. The first-order chi connectivity index (χ1) is 15.0. The summed E-state index contributed by atoms with van der Waals surface area (Å²) in [6.45, 7) is 9.71. The van der Waals surface area contributed by atoms with Gasteiger partial charge < -0.3 is 15.5 Å². The number of piperazine rings is 1. The number of amides is 1. The molecule has 9 heteroatoms. The number of rotatable bonds is 4. The summed E-state index contributed by atoms with van der Waals surface area (Å²) in [7, 11) is 0. The quantitative estimate of drug-likeness (QED) is 0.528. The molecule has 1 aliphatic heterocycles. The van der Waals surface area contributed by atoms with Crippen LogP contribution in [0.1, 0.15) is 34.4 Å². The largest absolute Gasteiger partial charge is 0.367 e. The molecule has 0 bridgehead atoms. The third-order valence-electron chi connectivity index (χ3n) is 5.67. The third-order valence-corrected chi connectivity index (χ3v) is 5.67. The SMILES string of the molecule is CCc1cc2c(N3CCNCC3)ccc(C(=O)Nc3cc(C)c4nc(C)cn4n3)n2n1. The maximum Gasteiger partial charge on any atom is 0.275 e. The minimum atomic E-state index is -0.245. The van der Waals surface area contributed by atoms with Gasteiger partial charge in [-0.15, -0.1) is 5.10 Å². The molecule has 1 saturated heterocycles. The molecule has 0 atom stereocenters. The molecule has 0 aromatic carbocycles. The van der Waals surface area contributed by atoms with Gasteiger partial charge in [-0.25, -0.2) is 14.0 Å². The van der Waals surface area contributed by atoms with E-state index in [-0.39, 0.29) is 5.91 Å². The Kier molecular flexibility index (Phi) is 4.82. The van der Waals surface area contributed by atoms with Gasteiger partial charge in [0.1, 0.15) is 5.69 Å². The van der Waals surface area contributed by atoms with E-state index in [4.69, 9.17) is 5.10 Å². The molecule has 4 aromatic rings. The molecule has 0 saturated carbocycles. The zero-order valence-electron chi connectivity index (χ0n) is 18.0. The van der Waals surface area contributed by atoms with Crippen molar-refractivity contribution in [3.63, 3.8) is 0 Å². The molecule has 1 aliphatic rings. The number of pyridine rings is 1. The predicted octanol–water partition coefficient (Wildman–Crippen LogP) is 2.22. The fraction of sp³-hybridized carbons (Fsp3) is 0.364.